The standard InChI is InChI=1S/C14H19ClO2/c1-2-14-12(6-7-17-14)13(16)9-10-4-3-5-11(15)8-10/h3-5,8,12-14,16H,2,6-7,9H2,1H3. The fourth-order valence-corrected chi connectivity index (χ4v) is 2.80. The quantitative estimate of drug-likeness (QED) is 0.895. The Bertz CT molecular complexity index is 367. The summed E-state index contributed by atoms with van der Waals surface area (Å²) in [6, 6.07) is 7.70. The van der Waals surface area contributed by atoms with Crippen molar-refractivity contribution in [2.45, 2.75) is 38.4 Å². The van der Waals surface area contributed by atoms with Crippen LogP contribution in [0.25, 0.3) is 0 Å². The lowest BCUT2D eigenvalue weighted by Gasteiger charge is -2.22. The number of aliphatic hydroxyl groups is 1. The summed E-state index contributed by atoms with van der Waals surface area (Å²) in [7, 11) is 0. The lowest BCUT2D eigenvalue weighted by molar-refractivity contribution is 0.0318. The van der Waals surface area contributed by atoms with Crippen molar-refractivity contribution >= 4 is 11.6 Å². The first-order valence-electron chi connectivity index (χ1n) is 6.24. The van der Waals surface area contributed by atoms with E-state index in [0.29, 0.717) is 6.42 Å². The van der Waals surface area contributed by atoms with Crippen molar-refractivity contribution in [1.29, 1.82) is 0 Å². The number of hydrogen-bond donors (Lipinski definition) is 1. The van der Waals surface area contributed by atoms with Crippen LogP contribution in [0.2, 0.25) is 5.02 Å². The summed E-state index contributed by atoms with van der Waals surface area (Å²) in [5.74, 6) is 0.263. The largest absolute Gasteiger partial charge is 0.392 e. The Balaban J connectivity index is 1.99. The summed E-state index contributed by atoms with van der Waals surface area (Å²) < 4.78 is 5.61. The highest BCUT2D eigenvalue weighted by molar-refractivity contribution is 6.30. The number of rotatable bonds is 4. The van der Waals surface area contributed by atoms with Crippen molar-refractivity contribution in [3.63, 3.8) is 0 Å². The SMILES string of the molecule is CCC1OCCC1C(O)Cc1cccc(Cl)c1. The van der Waals surface area contributed by atoms with Crippen LogP contribution in [-0.2, 0) is 11.2 Å². The molecule has 0 saturated carbocycles. The molecule has 1 N–H and O–H groups in total. The second kappa shape index (κ2) is 5.85. The molecule has 1 heterocycles. The first-order valence-corrected chi connectivity index (χ1v) is 6.62. The molecule has 0 amide bonds. The topological polar surface area (TPSA) is 29.5 Å². The van der Waals surface area contributed by atoms with Crippen LogP contribution in [0.4, 0.5) is 0 Å². The zero-order valence-corrected chi connectivity index (χ0v) is 10.9. The molecule has 3 atom stereocenters. The first-order chi connectivity index (χ1) is 8.20. The predicted octanol–water partition coefficient (Wildman–Crippen LogP) is 3.06. The molecule has 3 unspecified atom stereocenters. The van der Waals surface area contributed by atoms with Crippen LogP contribution >= 0.6 is 11.6 Å². The lowest BCUT2D eigenvalue weighted by Crippen LogP contribution is -2.29. The van der Waals surface area contributed by atoms with E-state index in [2.05, 4.69) is 6.92 Å². The van der Waals surface area contributed by atoms with Gasteiger partial charge in [-0.15, -0.1) is 0 Å². The molecule has 17 heavy (non-hydrogen) atoms. The third-order valence-corrected chi connectivity index (χ3v) is 3.73. The van der Waals surface area contributed by atoms with Crippen molar-refractivity contribution in [1.82, 2.24) is 0 Å². The predicted molar refractivity (Wildman–Crippen MR) is 69.3 cm³/mol. The number of aliphatic hydroxyl groups excluding tert-OH is 1. The van der Waals surface area contributed by atoms with Crippen molar-refractivity contribution in [3.05, 3.63) is 34.9 Å². The molecule has 0 aliphatic carbocycles. The molecule has 0 spiro atoms. The van der Waals surface area contributed by atoms with Crippen LogP contribution in [0.5, 0.6) is 0 Å². The maximum absolute atomic E-state index is 10.3. The van der Waals surface area contributed by atoms with Crippen molar-refractivity contribution in [2.75, 3.05) is 6.61 Å². The van der Waals surface area contributed by atoms with Crippen LogP contribution in [0.15, 0.2) is 24.3 Å². The van der Waals surface area contributed by atoms with E-state index < -0.39 is 0 Å². The summed E-state index contributed by atoms with van der Waals surface area (Å²) in [6.07, 6.45) is 2.47. The van der Waals surface area contributed by atoms with Crippen LogP contribution in [0.3, 0.4) is 0 Å². The van der Waals surface area contributed by atoms with Crippen molar-refractivity contribution in [2.24, 2.45) is 5.92 Å². The third-order valence-electron chi connectivity index (χ3n) is 3.49. The van der Waals surface area contributed by atoms with Crippen LogP contribution < -0.4 is 0 Å². The highest BCUT2D eigenvalue weighted by Crippen LogP contribution is 2.28. The summed E-state index contributed by atoms with van der Waals surface area (Å²) in [5.41, 5.74) is 1.09. The Morgan fingerprint density at radius 3 is 3.06 bits per heavy atom. The fraction of sp³-hybridized carbons (Fsp3) is 0.571. The lowest BCUT2D eigenvalue weighted by atomic mass is 9.89. The second-order valence-electron chi connectivity index (χ2n) is 4.67. The van der Waals surface area contributed by atoms with Gasteiger partial charge in [0.2, 0.25) is 0 Å². The zero-order valence-electron chi connectivity index (χ0n) is 10.1. The van der Waals surface area contributed by atoms with E-state index in [1.807, 2.05) is 24.3 Å². The average molecular weight is 255 g/mol. The molecular weight excluding hydrogens is 236 g/mol. The number of benzene rings is 1. The van der Waals surface area contributed by atoms with Gasteiger partial charge in [-0.1, -0.05) is 30.7 Å². The maximum atomic E-state index is 10.3. The smallest absolute Gasteiger partial charge is 0.0634 e. The maximum Gasteiger partial charge on any atom is 0.0634 e. The third kappa shape index (κ3) is 3.21. The molecule has 1 aliphatic rings. The minimum Gasteiger partial charge on any atom is -0.392 e. The van der Waals surface area contributed by atoms with Gasteiger partial charge < -0.3 is 9.84 Å². The molecule has 1 saturated heterocycles. The minimum atomic E-state index is -0.332. The van der Waals surface area contributed by atoms with Gasteiger partial charge in [-0.05, 0) is 37.0 Å². The fourth-order valence-electron chi connectivity index (χ4n) is 2.58. The van der Waals surface area contributed by atoms with E-state index in [0.717, 1.165) is 30.0 Å². The van der Waals surface area contributed by atoms with Gasteiger partial charge in [-0.3, -0.25) is 0 Å². The average Bonchev–Trinajstić information content (AvgIpc) is 2.77. The molecular formula is C14H19ClO2. The molecule has 1 aliphatic heterocycles. The van der Waals surface area contributed by atoms with Gasteiger partial charge in [0.15, 0.2) is 0 Å². The molecule has 2 rings (SSSR count). The van der Waals surface area contributed by atoms with Gasteiger partial charge in [-0.2, -0.15) is 0 Å². The van der Waals surface area contributed by atoms with Gasteiger partial charge in [0.1, 0.15) is 0 Å². The second-order valence-corrected chi connectivity index (χ2v) is 5.11. The zero-order chi connectivity index (χ0) is 12.3. The molecule has 3 heteroatoms. The van der Waals surface area contributed by atoms with E-state index in [4.69, 9.17) is 16.3 Å². The van der Waals surface area contributed by atoms with Crippen LogP contribution in [-0.4, -0.2) is 23.9 Å². The summed E-state index contributed by atoms with van der Waals surface area (Å²) >= 11 is 5.94. The van der Waals surface area contributed by atoms with Crippen molar-refractivity contribution in [3.8, 4) is 0 Å². The molecule has 1 aromatic carbocycles. The molecule has 2 nitrogen and oxygen atoms in total. The van der Waals surface area contributed by atoms with E-state index in [-0.39, 0.29) is 18.1 Å². The van der Waals surface area contributed by atoms with E-state index in [1.165, 1.54) is 0 Å². The van der Waals surface area contributed by atoms with E-state index in [1.54, 1.807) is 0 Å². The molecule has 0 aromatic heterocycles. The minimum absolute atomic E-state index is 0.212. The van der Waals surface area contributed by atoms with Gasteiger partial charge in [0.25, 0.3) is 0 Å². The first kappa shape index (κ1) is 12.9. The molecule has 1 aromatic rings. The van der Waals surface area contributed by atoms with Crippen molar-refractivity contribution < 1.29 is 9.84 Å². The molecule has 94 valence electrons. The van der Waals surface area contributed by atoms with E-state index >= 15 is 0 Å². The summed E-state index contributed by atoms with van der Waals surface area (Å²) in [5, 5.41) is 11.0. The van der Waals surface area contributed by atoms with Gasteiger partial charge in [0.05, 0.1) is 12.2 Å². The Labute approximate surface area is 108 Å². The molecule has 0 bridgehead atoms. The van der Waals surface area contributed by atoms with Gasteiger partial charge in [0, 0.05) is 17.5 Å². The number of halogens is 1. The summed E-state index contributed by atoms with van der Waals surface area (Å²) in [6.45, 7) is 2.88. The Hall–Kier alpha value is -0.570. The Morgan fingerprint density at radius 1 is 1.53 bits per heavy atom. The Kier molecular flexibility index (Phi) is 4.43. The van der Waals surface area contributed by atoms with E-state index in [9.17, 15) is 5.11 Å². The monoisotopic (exact) mass is 254 g/mol. The number of ether oxygens (including phenoxy) is 1. The highest BCUT2D eigenvalue weighted by atomic mass is 35.5. The van der Waals surface area contributed by atoms with Crippen LogP contribution in [0.1, 0.15) is 25.3 Å². The summed E-state index contributed by atoms with van der Waals surface area (Å²) in [4.78, 5) is 0. The van der Waals surface area contributed by atoms with Gasteiger partial charge >= 0.3 is 0 Å². The van der Waals surface area contributed by atoms with Crippen LogP contribution in [0, 0.1) is 5.92 Å². The molecule has 1 fully saturated rings. The molecule has 0 radical (unpaired) electrons. The van der Waals surface area contributed by atoms with Gasteiger partial charge in [-0.25, -0.2) is 0 Å². The Morgan fingerprint density at radius 2 is 2.35 bits per heavy atom. The highest BCUT2D eigenvalue weighted by Gasteiger charge is 2.32. The normalized spacial score (nSPS) is 26.1. The number of hydrogen-bond acceptors (Lipinski definition) is 2.